The van der Waals surface area contributed by atoms with Gasteiger partial charge in [-0.2, -0.15) is 8.78 Å². The van der Waals surface area contributed by atoms with Crippen LogP contribution in [0.3, 0.4) is 0 Å². The molecule has 0 amide bonds. The van der Waals surface area contributed by atoms with Crippen LogP contribution >= 0.6 is 0 Å². The molecule has 0 N–H and O–H groups in total. The molecule has 0 aliphatic heterocycles. The molecule has 37 heavy (non-hydrogen) atoms. The Balaban J connectivity index is 1.26. The highest BCUT2D eigenvalue weighted by Gasteiger charge is 2.44. The van der Waals surface area contributed by atoms with E-state index >= 15 is 8.78 Å². The van der Waals surface area contributed by atoms with Crippen molar-refractivity contribution in [1.29, 1.82) is 0 Å². The molecule has 4 nitrogen and oxygen atoms in total. The zero-order valence-electron chi connectivity index (χ0n) is 21.8. The van der Waals surface area contributed by atoms with Crippen molar-refractivity contribution >= 4 is 5.97 Å². The Kier molecular flexibility index (Phi) is 9.36. The summed E-state index contributed by atoms with van der Waals surface area (Å²) in [6.07, 6.45) is 5.71. The zero-order chi connectivity index (χ0) is 26.3. The number of benzene rings is 2. The second-order valence-corrected chi connectivity index (χ2v) is 10.2. The Morgan fingerprint density at radius 3 is 2.46 bits per heavy atom. The van der Waals surface area contributed by atoms with E-state index in [4.69, 9.17) is 14.2 Å². The summed E-state index contributed by atoms with van der Waals surface area (Å²) >= 11 is 0. The van der Waals surface area contributed by atoms with Crippen molar-refractivity contribution in [2.24, 2.45) is 5.92 Å². The summed E-state index contributed by atoms with van der Waals surface area (Å²) in [7, 11) is 0. The topological polar surface area (TPSA) is 44.8 Å². The van der Waals surface area contributed by atoms with Crippen molar-refractivity contribution in [2.75, 3.05) is 13.2 Å². The van der Waals surface area contributed by atoms with Crippen molar-refractivity contribution in [3.8, 4) is 16.9 Å². The maximum absolute atomic E-state index is 15.1. The van der Waals surface area contributed by atoms with Gasteiger partial charge in [-0.15, -0.1) is 0 Å². The Morgan fingerprint density at radius 1 is 1.00 bits per heavy atom. The van der Waals surface area contributed by atoms with Gasteiger partial charge >= 0.3 is 12.1 Å². The first-order valence-corrected chi connectivity index (χ1v) is 13.6. The number of ether oxygens (including phenoxy) is 3. The first-order chi connectivity index (χ1) is 17.9. The molecule has 0 aromatic heterocycles. The molecule has 0 unspecified atom stereocenters. The van der Waals surface area contributed by atoms with Gasteiger partial charge in [0.05, 0.1) is 25.2 Å². The van der Waals surface area contributed by atoms with Crippen molar-refractivity contribution in [2.45, 2.75) is 83.3 Å². The lowest BCUT2D eigenvalue weighted by atomic mass is 9.86. The third-order valence-corrected chi connectivity index (χ3v) is 7.44. The van der Waals surface area contributed by atoms with Crippen molar-refractivity contribution in [1.82, 2.24) is 0 Å². The van der Waals surface area contributed by atoms with E-state index in [9.17, 15) is 4.79 Å². The quantitative estimate of drug-likeness (QED) is 0.134. The lowest BCUT2D eigenvalue weighted by Gasteiger charge is -2.33. The van der Waals surface area contributed by atoms with Gasteiger partial charge in [-0.1, -0.05) is 50.6 Å². The molecule has 4 rings (SSSR count). The maximum atomic E-state index is 15.1. The van der Waals surface area contributed by atoms with Gasteiger partial charge in [0, 0.05) is 12.5 Å². The van der Waals surface area contributed by atoms with Crippen LogP contribution in [0, 0.1) is 5.92 Å². The van der Waals surface area contributed by atoms with E-state index in [1.165, 1.54) is 36.0 Å². The monoisotopic (exact) mass is 512 g/mol. The van der Waals surface area contributed by atoms with Crippen LogP contribution < -0.4 is 4.74 Å². The van der Waals surface area contributed by atoms with Crippen molar-refractivity contribution in [3.05, 3.63) is 65.7 Å². The third-order valence-electron chi connectivity index (χ3n) is 7.44. The standard InChI is InChI=1S/C31H38F2O4/c1-3-5-6-8-22-9-15-28-23(19-22)20-24-21-27(14-16-29(24)28)37-31(32,33)25-10-12-26(13-11-25)35-17-7-18-36-30(34)4-2/h4,9,14-16,19,21,25-26H,2-3,5-8,10-13,17-18,20H2,1H3. The second kappa shape index (κ2) is 12.7. The Bertz CT molecular complexity index is 1070. The zero-order valence-corrected chi connectivity index (χ0v) is 21.8. The molecular formula is C31H38F2O4. The van der Waals surface area contributed by atoms with Crippen LogP contribution in [-0.4, -0.2) is 31.4 Å². The van der Waals surface area contributed by atoms with Crippen LogP contribution in [-0.2, 0) is 27.1 Å². The first kappa shape index (κ1) is 27.3. The van der Waals surface area contributed by atoms with E-state index in [0.717, 1.165) is 30.0 Å². The molecule has 0 saturated heterocycles. The van der Waals surface area contributed by atoms with Crippen LogP contribution in [0.15, 0.2) is 49.1 Å². The molecule has 1 fully saturated rings. The average molecular weight is 513 g/mol. The van der Waals surface area contributed by atoms with Crippen LogP contribution in [0.25, 0.3) is 11.1 Å². The fourth-order valence-corrected chi connectivity index (χ4v) is 5.39. The van der Waals surface area contributed by atoms with Gasteiger partial charge in [0.15, 0.2) is 0 Å². The normalized spacial score (nSPS) is 18.7. The number of hydrogen-bond acceptors (Lipinski definition) is 4. The van der Waals surface area contributed by atoms with E-state index in [0.29, 0.717) is 38.7 Å². The molecule has 0 spiro atoms. The number of aryl methyl sites for hydroxylation is 1. The van der Waals surface area contributed by atoms with Gasteiger partial charge in [-0.05, 0) is 84.9 Å². The molecule has 0 radical (unpaired) electrons. The number of carbonyl (C=O) groups excluding carboxylic acids is 1. The number of alkyl halides is 2. The minimum Gasteiger partial charge on any atom is -0.462 e. The molecule has 0 atom stereocenters. The summed E-state index contributed by atoms with van der Waals surface area (Å²) in [5, 5.41) is 0. The van der Waals surface area contributed by atoms with E-state index < -0.39 is 18.0 Å². The fourth-order valence-electron chi connectivity index (χ4n) is 5.39. The lowest BCUT2D eigenvalue weighted by Crippen LogP contribution is -2.38. The molecule has 6 heteroatoms. The lowest BCUT2D eigenvalue weighted by molar-refractivity contribution is -0.225. The van der Waals surface area contributed by atoms with Crippen molar-refractivity contribution < 1.29 is 27.8 Å². The summed E-state index contributed by atoms with van der Waals surface area (Å²) in [5.74, 6) is -1.06. The number of halogens is 2. The molecule has 2 aromatic carbocycles. The molecule has 0 heterocycles. The summed E-state index contributed by atoms with van der Waals surface area (Å²) in [4.78, 5) is 11.0. The van der Waals surface area contributed by atoms with E-state index in [1.54, 1.807) is 12.1 Å². The fraction of sp³-hybridized carbons (Fsp3) is 0.516. The molecule has 200 valence electrons. The van der Waals surface area contributed by atoms with Crippen LogP contribution in [0.1, 0.15) is 75.0 Å². The van der Waals surface area contributed by atoms with Crippen LogP contribution in [0.4, 0.5) is 8.78 Å². The number of fused-ring (bicyclic) bond motifs is 3. The van der Waals surface area contributed by atoms with E-state index in [1.807, 2.05) is 6.07 Å². The Morgan fingerprint density at radius 2 is 1.73 bits per heavy atom. The van der Waals surface area contributed by atoms with Crippen LogP contribution in [0.5, 0.6) is 5.75 Å². The predicted octanol–water partition coefficient (Wildman–Crippen LogP) is 7.66. The number of rotatable bonds is 13. The highest BCUT2D eigenvalue weighted by molar-refractivity contribution is 5.81. The average Bonchev–Trinajstić information content (AvgIpc) is 3.25. The molecule has 2 aliphatic rings. The summed E-state index contributed by atoms with van der Waals surface area (Å²) in [6.45, 7) is 6.25. The number of esters is 1. The summed E-state index contributed by atoms with van der Waals surface area (Å²) in [5.41, 5.74) is 5.97. The molecular weight excluding hydrogens is 474 g/mol. The highest BCUT2D eigenvalue weighted by atomic mass is 19.3. The molecule has 2 aromatic rings. The van der Waals surface area contributed by atoms with Gasteiger partial charge in [-0.25, -0.2) is 4.79 Å². The smallest absolute Gasteiger partial charge is 0.400 e. The first-order valence-electron chi connectivity index (χ1n) is 13.6. The minimum atomic E-state index is -3.23. The maximum Gasteiger partial charge on any atom is 0.400 e. The molecule has 1 saturated carbocycles. The van der Waals surface area contributed by atoms with E-state index in [2.05, 4.69) is 31.7 Å². The number of hydrogen-bond donors (Lipinski definition) is 0. The molecule has 0 bridgehead atoms. The summed E-state index contributed by atoms with van der Waals surface area (Å²) in [6, 6.07) is 12.0. The van der Waals surface area contributed by atoms with Crippen LogP contribution in [0.2, 0.25) is 0 Å². The Hall–Kier alpha value is -2.73. The highest BCUT2D eigenvalue weighted by Crippen LogP contribution is 2.42. The van der Waals surface area contributed by atoms with Gasteiger partial charge in [0.2, 0.25) is 0 Å². The predicted molar refractivity (Wildman–Crippen MR) is 141 cm³/mol. The minimum absolute atomic E-state index is 0.0486. The third kappa shape index (κ3) is 7.19. The van der Waals surface area contributed by atoms with Gasteiger partial charge in [0.1, 0.15) is 5.75 Å². The Labute approximate surface area is 219 Å². The summed E-state index contributed by atoms with van der Waals surface area (Å²) < 4.78 is 46.2. The number of carbonyl (C=O) groups is 1. The van der Waals surface area contributed by atoms with Gasteiger partial charge in [0.25, 0.3) is 0 Å². The number of unbranched alkanes of at least 4 members (excludes halogenated alkanes) is 2. The van der Waals surface area contributed by atoms with E-state index in [-0.39, 0.29) is 18.5 Å². The second-order valence-electron chi connectivity index (χ2n) is 10.2. The largest absolute Gasteiger partial charge is 0.462 e. The van der Waals surface area contributed by atoms with Gasteiger partial charge < -0.3 is 14.2 Å². The van der Waals surface area contributed by atoms with Crippen molar-refractivity contribution in [3.63, 3.8) is 0 Å². The van der Waals surface area contributed by atoms with Gasteiger partial charge in [-0.3, -0.25) is 0 Å². The SMILES string of the molecule is C=CC(=O)OCCCOC1CCC(C(F)(F)Oc2ccc3c(c2)Cc2cc(CCCCC)ccc2-3)CC1. The molecule has 2 aliphatic carbocycles.